The van der Waals surface area contributed by atoms with E-state index in [2.05, 4.69) is 147 Å². The summed E-state index contributed by atoms with van der Waals surface area (Å²) in [7, 11) is 0. The van der Waals surface area contributed by atoms with Gasteiger partial charge < -0.3 is 0 Å². The summed E-state index contributed by atoms with van der Waals surface area (Å²) in [5.41, 5.74) is 11.8. The maximum Gasteiger partial charge on any atom is 0.160 e. The van der Waals surface area contributed by atoms with E-state index >= 15 is 0 Å². The van der Waals surface area contributed by atoms with Gasteiger partial charge in [0.15, 0.2) is 5.82 Å². The van der Waals surface area contributed by atoms with Gasteiger partial charge >= 0.3 is 0 Å². The SMILES string of the molecule is CC1(C)c2ccccc2-c2c1c1ccc3cc(-c4ccc5c(-c6ccccc6)nc(-c6ccccc6)nc5c4)ccc3c1c1ccccc21. The van der Waals surface area contributed by atoms with E-state index in [9.17, 15) is 0 Å². The summed E-state index contributed by atoms with van der Waals surface area (Å²) in [5, 5.41) is 8.90. The highest BCUT2D eigenvalue weighted by atomic mass is 14.9. The van der Waals surface area contributed by atoms with Crippen molar-refractivity contribution in [3.8, 4) is 44.9 Å². The largest absolute Gasteiger partial charge is 0.228 e. The lowest BCUT2D eigenvalue weighted by Gasteiger charge is -2.24. The molecule has 9 aromatic rings. The number of fused-ring (bicyclic) bond motifs is 11. The maximum absolute atomic E-state index is 5.11. The molecule has 0 bridgehead atoms. The molecule has 0 fully saturated rings. The first-order chi connectivity index (χ1) is 24.1. The van der Waals surface area contributed by atoms with E-state index in [1.807, 2.05) is 24.3 Å². The fourth-order valence-electron chi connectivity index (χ4n) is 8.35. The molecule has 10 rings (SSSR count). The predicted molar refractivity (Wildman–Crippen MR) is 206 cm³/mol. The number of rotatable bonds is 3. The molecule has 0 saturated heterocycles. The second kappa shape index (κ2) is 10.4. The van der Waals surface area contributed by atoms with Crippen molar-refractivity contribution in [2.24, 2.45) is 0 Å². The normalized spacial score (nSPS) is 13.3. The van der Waals surface area contributed by atoms with Crippen LogP contribution >= 0.6 is 0 Å². The van der Waals surface area contributed by atoms with Crippen LogP contribution in [0.3, 0.4) is 0 Å². The first-order valence-electron chi connectivity index (χ1n) is 17.0. The first kappa shape index (κ1) is 27.9. The molecule has 0 atom stereocenters. The highest BCUT2D eigenvalue weighted by Gasteiger charge is 2.38. The Kier molecular flexibility index (Phi) is 5.95. The average Bonchev–Trinajstić information content (AvgIpc) is 3.41. The molecule has 0 spiro atoms. The molecule has 0 amide bonds. The van der Waals surface area contributed by atoms with Crippen LogP contribution in [0.15, 0.2) is 158 Å². The second-order valence-corrected chi connectivity index (χ2v) is 13.8. The van der Waals surface area contributed by atoms with Crippen LogP contribution in [-0.4, -0.2) is 9.97 Å². The minimum atomic E-state index is -0.0913. The lowest BCUT2D eigenvalue weighted by atomic mass is 9.78. The van der Waals surface area contributed by atoms with Gasteiger partial charge in [0, 0.05) is 21.9 Å². The third kappa shape index (κ3) is 4.14. The van der Waals surface area contributed by atoms with Crippen molar-refractivity contribution in [3.63, 3.8) is 0 Å². The van der Waals surface area contributed by atoms with Gasteiger partial charge in [0.2, 0.25) is 0 Å². The molecule has 0 aliphatic heterocycles. The third-order valence-corrected chi connectivity index (χ3v) is 10.6. The fraction of sp³-hybridized carbons (Fsp3) is 0.0638. The Morgan fingerprint density at radius 3 is 1.88 bits per heavy atom. The Hall–Kier alpha value is -6.12. The van der Waals surface area contributed by atoms with Crippen LogP contribution in [0.4, 0.5) is 0 Å². The summed E-state index contributed by atoms with van der Waals surface area (Å²) in [4.78, 5) is 10.2. The molecule has 1 heterocycles. The number of hydrogen-bond donors (Lipinski definition) is 0. The second-order valence-electron chi connectivity index (χ2n) is 13.8. The third-order valence-electron chi connectivity index (χ3n) is 10.6. The summed E-state index contributed by atoms with van der Waals surface area (Å²) < 4.78 is 0. The summed E-state index contributed by atoms with van der Waals surface area (Å²) >= 11 is 0. The summed E-state index contributed by atoms with van der Waals surface area (Å²) in [6, 6.07) is 56.9. The van der Waals surface area contributed by atoms with Gasteiger partial charge in [-0.2, -0.15) is 0 Å². The van der Waals surface area contributed by atoms with E-state index in [0.717, 1.165) is 39.1 Å². The number of hydrogen-bond acceptors (Lipinski definition) is 2. The van der Waals surface area contributed by atoms with Crippen LogP contribution in [0.5, 0.6) is 0 Å². The van der Waals surface area contributed by atoms with Gasteiger partial charge in [-0.3, -0.25) is 0 Å². The minimum absolute atomic E-state index is 0.0913. The van der Waals surface area contributed by atoms with Crippen LogP contribution in [0, 0.1) is 0 Å². The van der Waals surface area contributed by atoms with Crippen molar-refractivity contribution in [1.29, 1.82) is 0 Å². The molecule has 0 N–H and O–H groups in total. The van der Waals surface area contributed by atoms with Crippen LogP contribution in [0.25, 0.3) is 88.1 Å². The summed E-state index contributed by atoms with van der Waals surface area (Å²) in [6.07, 6.45) is 0. The zero-order valence-corrected chi connectivity index (χ0v) is 27.4. The Morgan fingerprint density at radius 2 is 1.08 bits per heavy atom. The molecule has 0 saturated carbocycles. The van der Waals surface area contributed by atoms with Crippen molar-refractivity contribution in [1.82, 2.24) is 9.97 Å². The van der Waals surface area contributed by atoms with Gasteiger partial charge in [0.25, 0.3) is 0 Å². The molecule has 230 valence electrons. The number of benzene rings is 8. The van der Waals surface area contributed by atoms with Crippen molar-refractivity contribution < 1.29 is 0 Å². The molecular formula is C47H32N2. The highest BCUT2D eigenvalue weighted by Crippen LogP contribution is 2.55. The van der Waals surface area contributed by atoms with E-state index < -0.39 is 0 Å². The van der Waals surface area contributed by atoms with Gasteiger partial charge in [-0.05, 0) is 83.9 Å². The van der Waals surface area contributed by atoms with Crippen LogP contribution < -0.4 is 0 Å². The van der Waals surface area contributed by atoms with Crippen molar-refractivity contribution >= 4 is 43.2 Å². The smallest absolute Gasteiger partial charge is 0.160 e. The minimum Gasteiger partial charge on any atom is -0.228 e. The quantitative estimate of drug-likeness (QED) is 0.183. The van der Waals surface area contributed by atoms with Crippen LogP contribution in [0.1, 0.15) is 25.0 Å². The molecule has 2 nitrogen and oxygen atoms in total. The summed E-state index contributed by atoms with van der Waals surface area (Å²) in [6.45, 7) is 4.77. The zero-order valence-electron chi connectivity index (χ0n) is 27.4. The van der Waals surface area contributed by atoms with Gasteiger partial charge in [-0.1, -0.05) is 153 Å². The fourth-order valence-corrected chi connectivity index (χ4v) is 8.35. The number of nitrogens with zero attached hydrogens (tertiary/aromatic N) is 2. The first-order valence-corrected chi connectivity index (χ1v) is 17.0. The molecular weight excluding hydrogens is 593 g/mol. The van der Waals surface area contributed by atoms with Crippen molar-refractivity contribution in [3.05, 3.63) is 169 Å². The molecule has 1 aromatic heterocycles. The Morgan fingerprint density at radius 1 is 0.449 bits per heavy atom. The molecule has 2 heteroatoms. The highest BCUT2D eigenvalue weighted by molar-refractivity contribution is 6.26. The molecule has 1 aliphatic carbocycles. The number of aromatic nitrogens is 2. The van der Waals surface area contributed by atoms with Gasteiger partial charge in [-0.15, -0.1) is 0 Å². The molecule has 0 unspecified atom stereocenters. The maximum atomic E-state index is 5.11. The summed E-state index contributed by atoms with van der Waals surface area (Å²) in [5.74, 6) is 0.735. The van der Waals surface area contributed by atoms with Gasteiger partial charge in [0.1, 0.15) is 0 Å². The molecule has 1 aliphatic rings. The lowest BCUT2D eigenvalue weighted by molar-refractivity contribution is 0.666. The van der Waals surface area contributed by atoms with E-state index in [1.165, 1.54) is 60.1 Å². The van der Waals surface area contributed by atoms with E-state index in [1.54, 1.807) is 0 Å². The average molecular weight is 625 g/mol. The monoisotopic (exact) mass is 624 g/mol. The van der Waals surface area contributed by atoms with E-state index in [4.69, 9.17) is 9.97 Å². The topological polar surface area (TPSA) is 25.8 Å². The van der Waals surface area contributed by atoms with Crippen molar-refractivity contribution in [2.75, 3.05) is 0 Å². The lowest BCUT2D eigenvalue weighted by Crippen LogP contribution is -2.15. The molecule has 49 heavy (non-hydrogen) atoms. The molecule has 8 aromatic carbocycles. The van der Waals surface area contributed by atoms with E-state index in [-0.39, 0.29) is 5.41 Å². The Labute approximate surface area is 285 Å². The van der Waals surface area contributed by atoms with Gasteiger partial charge in [-0.25, -0.2) is 9.97 Å². The standard InChI is InChI=1S/C47H32N2/c1-47(2)40-20-12-11-19-37(40)43-36-18-10-9-17-35(36)42-34-24-21-31(27-33(34)23-26-39(42)44(43)47)32-22-25-38-41(28-32)48-46(30-15-7-4-8-16-30)49-45(38)29-13-5-3-6-14-29/h3-28H,1-2H3. The Balaban J connectivity index is 1.18. The predicted octanol–water partition coefficient (Wildman–Crippen LogP) is 12.4. The van der Waals surface area contributed by atoms with Crippen molar-refractivity contribution in [2.45, 2.75) is 19.3 Å². The Bertz CT molecular complexity index is 2780. The molecule has 0 radical (unpaired) electrons. The van der Waals surface area contributed by atoms with E-state index in [0.29, 0.717) is 0 Å². The van der Waals surface area contributed by atoms with Crippen LogP contribution in [-0.2, 0) is 5.41 Å². The van der Waals surface area contributed by atoms with Crippen LogP contribution in [0.2, 0.25) is 0 Å². The zero-order chi connectivity index (χ0) is 32.7. The van der Waals surface area contributed by atoms with Gasteiger partial charge in [0.05, 0.1) is 11.2 Å².